The number of ether oxygens (including phenoxy) is 1. The van der Waals surface area contributed by atoms with Crippen molar-refractivity contribution in [2.75, 3.05) is 12.4 Å². The fourth-order valence-electron chi connectivity index (χ4n) is 1.39. The normalized spacial score (nSPS) is 17.6. The van der Waals surface area contributed by atoms with E-state index in [1.54, 1.807) is 31.4 Å². The van der Waals surface area contributed by atoms with Crippen molar-refractivity contribution in [2.24, 2.45) is 10.2 Å². The van der Waals surface area contributed by atoms with E-state index in [4.69, 9.17) is 4.74 Å². The van der Waals surface area contributed by atoms with Crippen molar-refractivity contribution in [1.82, 2.24) is 0 Å². The molecule has 1 aliphatic rings. The highest BCUT2D eigenvalue weighted by atomic mass is 16.5. The number of nitrogens with zero attached hydrogens (tertiary/aromatic N) is 2. The van der Waals surface area contributed by atoms with Crippen molar-refractivity contribution in [3.63, 3.8) is 0 Å². The molecule has 2 rings (SSSR count). The zero-order valence-corrected chi connectivity index (χ0v) is 9.66. The quantitative estimate of drug-likeness (QED) is 0.877. The first-order chi connectivity index (χ1) is 8.69. The predicted octanol–water partition coefficient (Wildman–Crippen LogP) is 1.55. The molecule has 2 amide bonds. The number of anilines is 1. The molecule has 18 heavy (non-hydrogen) atoms. The SMILES string of the molecule is COc1ccc(NC(=O)C2C=CC(=O)N=N2)cc1. The van der Waals surface area contributed by atoms with Gasteiger partial charge in [-0.2, -0.15) is 5.11 Å². The lowest BCUT2D eigenvalue weighted by atomic mass is 10.2. The lowest BCUT2D eigenvalue weighted by Crippen LogP contribution is -2.25. The van der Waals surface area contributed by atoms with Crippen LogP contribution >= 0.6 is 0 Å². The predicted molar refractivity (Wildman–Crippen MR) is 64.4 cm³/mol. The molecule has 0 aromatic heterocycles. The average molecular weight is 245 g/mol. The number of amides is 2. The standard InChI is InChI=1S/C12H11N3O3/c1-18-9-4-2-8(3-5-9)13-12(17)10-6-7-11(16)15-14-10/h2-7,10H,1H3,(H,13,17). The Kier molecular flexibility index (Phi) is 3.47. The number of benzene rings is 1. The van der Waals surface area contributed by atoms with Crippen LogP contribution < -0.4 is 10.1 Å². The summed E-state index contributed by atoms with van der Waals surface area (Å²) in [6.45, 7) is 0. The van der Waals surface area contributed by atoms with Gasteiger partial charge in [-0.15, -0.1) is 5.11 Å². The second-order valence-electron chi connectivity index (χ2n) is 3.58. The molecule has 1 unspecified atom stereocenters. The molecule has 0 aliphatic carbocycles. The number of hydrogen-bond donors (Lipinski definition) is 1. The molecule has 92 valence electrons. The van der Waals surface area contributed by atoms with Crippen LogP contribution in [0, 0.1) is 0 Å². The minimum atomic E-state index is -0.759. The Hall–Kier alpha value is -2.50. The minimum Gasteiger partial charge on any atom is -0.497 e. The Morgan fingerprint density at radius 3 is 2.61 bits per heavy atom. The summed E-state index contributed by atoms with van der Waals surface area (Å²) in [4.78, 5) is 22.5. The molecule has 1 aromatic carbocycles. The number of rotatable bonds is 3. The summed E-state index contributed by atoms with van der Waals surface area (Å²) >= 11 is 0. The first-order valence-electron chi connectivity index (χ1n) is 5.27. The van der Waals surface area contributed by atoms with Crippen LogP contribution in [0.15, 0.2) is 46.6 Å². The summed E-state index contributed by atoms with van der Waals surface area (Å²) in [6.07, 6.45) is 2.64. The van der Waals surface area contributed by atoms with Crippen LogP contribution in [0.1, 0.15) is 0 Å². The third-order valence-electron chi connectivity index (χ3n) is 2.33. The van der Waals surface area contributed by atoms with Gasteiger partial charge in [-0.3, -0.25) is 9.59 Å². The number of methoxy groups -OCH3 is 1. The van der Waals surface area contributed by atoms with Gasteiger partial charge >= 0.3 is 0 Å². The first kappa shape index (κ1) is 12.0. The van der Waals surface area contributed by atoms with Crippen molar-refractivity contribution in [3.05, 3.63) is 36.4 Å². The number of carbonyl (C=O) groups is 2. The molecule has 0 bridgehead atoms. The first-order valence-corrected chi connectivity index (χ1v) is 5.27. The van der Waals surface area contributed by atoms with Gasteiger partial charge in [0.05, 0.1) is 7.11 Å². The average Bonchev–Trinajstić information content (AvgIpc) is 2.40. The van der Waals surface area contributed by atoms with Crippen LogP contribution in [0.2, 0.25) is 0 Å². The van der Waals surface area contributed by atoms with Crippen molar-refractivity contribution in [1.29, 1.82) is 0 Å². The van der Waals surface area contributed by atoms with Crippen LogP contribution in [-0.2, 0) is 9.59 Å². The maximum absolute atomic E-state index is 11.8. The molecule has 0 fully saturated rings. The molecule has 1 aromatic rings. The number of azo groups is 1. The Morgan fingerprint density at radius 2 is 2.06 bits per heavy atom. The monoisotopic (exact) mass is 245 g/mol. The van der Waals surface area contributed by atoms with Crippen molar-refractivity contribution >= 4 is 17.5 Å². The molecule has 1 N–H and O–H groups in total. The fourth-order valence-corrected chi connectivity index (χ4v) is 1.39. The van der Waals surface area contributed by atoms with Crippen LogP contribution in [0.3, 0.4) is 0 Å². The zero-order chi connectivity index (χ0) is 13.0. The van der Waals surface area contributed by atoms with Crippen molar-refractivity contribution < 1.29 is 14.3 Å². The Morgan fingerprint density at radius 1 is 1.33 bits per heavy atom. The third kappa shape index (κ3) is 2.79. The Labute approximate surface area is 103 Å². The molecular formula is C12H11N3O3. The maximum Gasteiger partial charge on any atom is 0.287 e. The van der Waals surface area contributed by atoms with Gasteiger partial charge in [-0.1, -0.05) is 0 Å². The van der Waals surface area contributed by atoms with Gasteiger partial charge in [0.1, 0.15) is 5.75 Å². The van der Waals surface area contributed by atoms with Gasteiger partial charge in [0.25, 0.3) is 11.8 Å². The fraction of sp³-hybridized carbons (Fsp3) is 0.167. The molecule has 0 radical (unpaired) electrons. The summed E-state index contributed by atoms with van der Waals surface area (Å²) in [7, 11) is 1.57. The van der Waals surface area contributed by atoms with Crippen LogP contribution in [-0.4, -0.2) is 25.0 Å². The maximum atomic E-state index is 11.8. The lowest BCUT2D eigenvalue weighted by Gasteiger charge is -2.10. The molecule has 6 nitrogen and oxygen atoms in total. The van der Waals surface area contributed by atoms with Crippen LogP contribution in [0.25, 0.3) is 0 Å². The van der Waals surface area contributed by atoms with E-state index in [0.717, 1.165) is 0 Å². The van der Waals surface area contributed by atoms with Gasteiger partial charge in [0.15, 0.2) is 6.04 Å². The Bertz CT molecular complexity index is 504. The highest BCUT2D eigenvalue weighted by Crippen LogP contribution is 2.16. The van der Waals surface area contributed by atoms with E-state index >= 15 is 0 Å². The Balaban J connectivity index is 2.00. The van der Waals surface area contributed by atoms with E-state index in [9.17, 15) is 9.59 Å². The second kappa shape index (κ2) is 5.22. The van der Waals surface area contributed by atoms with Crippen molar-refractivity contribution in [2.45, 2.75) is 6.04 Å². The highest BCUT2D eigenvalue weighted by molar-refractivity contribution is 5.98. The molecule has 1 aliphatic heterocycles. The summed E-state index contributed by atoms with van der Waals surface area (Å²) in [6, 6.07) is 6.14. The van der Waals surface area contributed by atoms with Crippen LogP contribution in [0.4, 0.5) is 5.69 Å². The third-order valence-corrected chi connectivity index (χ3v) is 2.33. The smallest absolute Gasteiger partial charge is 0.287 e. The summed E-state index contributed by atoms with van der Waals surface area (Å²) in [5.74, 6) is -0.0907. The highest BCUT2D eigenvalue weighted by Gasteiger charge is 2.18. The molecular weight excluding hydrogens is 234 g/mol. The second-order valence-corrected chi connectivity index (χ2v) is 3.58. The molecule has 1 heterocycles. The van der Waals surface area contributed by atoms with E-state index in [1.807, 2.05) is 0 Å². The van der Waals surface area contributed by atoms with Crippen LogP contribution in [0.5, 0.6) is 5.75 Å². The molecule has 6 heteroatoms. The minimum absolute atomic E-state index is 0.340. The van der Waals surface area contributed by atoms with Gasteiger partial charge in [-0.25, -0.2) is 0 Å². The van der Waals surface area contributed by atoms with Gasteiger partial charge in [0, 0.05) is 11.8 Å². The topological polar surface area (TPSA) is 80.1 Å². The lowest BCUT2D eigenvalue weighted by molar-refractivity contribution is -0.117. The number of nitrogens with one attached hydrogen (secondary N) is 1. The molecule has 0 saturated heterocycles. The summed E-state index contributed by atoms with van der Waals surface area (Å²) in [5, 5.41) is 9.58. The summed E-state index contributed by atoms with van der Waals surface area (Å²) < 4.78 is 5.01. The number of hydrogen-bond acceptors (Lipinski definition) is 4. The molecule has 0 spiro atoms. The van der Waals surface area contributed by atoms with E-state index in [1.165, 1.54) is 12.2 Å². The van der Waals surface area contributed by atoms with Gasteiger partial charge in [0.2, 0.25) is 0 Å². The zero-order valence-electron chi connectivity index (χ0n) is 9.66. The van der Waals surface area contributed by atoms with E-state index in [2.05, 4.69) is 15.5 Å². The molecule has 1 atom stereocenters. The number of carbonyl (C=O) groups excluding carboxylic acids is 2. The van der Waals surface area contributed by atoms with E-state index < -0.39 is 11.9 Å². The van der Waals surface area contributed by atoms with E-state index in [0.29, 0.717) is 11.4 Å². The van der Waals surface area contributed by atoms with Gasteiger partial charge < -0.3 is 10.1 Å². The molecule has 0 saturated carbocycles. The van der Waals surface area contributed by atoms with E-state index in [-0.39, 0.29) is 5.91 Å². The largest absolute Gasteiger partial charge is 0.497 e. The van der Waals surface area contributed by atoms with Gasteiger partial charge in [-0.05, 0) is 30.3 Å². The summed E-state index contributed by atoms with van der Waals surface area (Å²) in [5.41, 5.74) is 0.626. The van der Waals surface area contributed by atoms with Crippen molar-refractivity contribution in [3.8, 4) is 5.75 Å².